The van der Waals surface area contributed by atoms with Gasteiger partial charge in [0.25, 0.3) is 0 Å². The van der Waals surface area contributed by atoms with Gasteiger partial charge < -0.3 is 9.05 Å². The third-order valence-corrected chi connectivity index (χ3v) is 3.26. The summed E-state index contributed by atoms with van der Waals surface area (Å²) in [6.45, 7) is 0. The molecule has 0 unspecified atom stereocenters. The van der Waals surface area contributed by atoms with Crippen LogP contribution in [0.3, 0.4) is 0 Å². The van der Waals surface area contributed by atoms with Crippen molar-refractivity contribution in [3.05, 3.63) is 60.2 Å². The minimum atomic E-state index is -0.484. The summed E-state index contributed by atoms with van der Waals surface area (Å²) < 4.78 is 37.5. The summed E-state index contributed by atoms with van der Waals surface area (Å²) in [6, 6.07) is 12.0. The molecule has 2 aromatic carbocycles. The zero-order valence-electron chi connectivity index (χ0n) is 12.0. The highest BCUT2D eigenvalue weighted by molar-refractivity contribution is 5.59. The van der Waals surface area contributed by atoms with Crippen LogP contribution in [-0.4, -0.2) is 20.3 Å². The molecular weight excluding hydrogens is 318 g/mol. The second kappa shape index (κ2) is 5.65. The zero-order chi connectivity index (χ0) is 16.5. The van der Waals surface area contributed by atoms with Crippen LogP contribution in [0.5, 0.6) is 0 Å². The number of aromatic nitrogens is 4. The molecule has 8 heteroatoms. The van der Waals surface area contributed by atoms with E-state index in [1.165, 1.54) is 24.3 Å². The summed E-state index contributed by atoms with van der Waals surface area (Å²) in [5.74, 6) is -1.03. The van der Waals surface area contributed by atoms with Crippen LogP contribution in [0.2, 0.25) is 0 Å². The van der Waals surface area contributed by atoms with E-state index in [-0.39, 0.29) is 34.6 Å². The fraction of sp³-hybridized carbons (Fsp3) is 0. The summed E-state index contributed by atoms with van der Waals surface area (Å²) >= 11 is 0. The van der Waals surface area contributed by atoms with Gasteiger partial charge in [-0.25, -0.2) is 8.78 Å². The largest absolute Gasteiger partial charge is 0.328 e. The fourth-order valence-electron chi connectivity index (χ4n) is 2.12. The molecule has 0 fully saturated rings. The summed E-state index contributed by atoms with van der Waals surface area (Å²) in [7, 11) is 0. The number of rotatable bonds is 3. The highest BCUT2D eigenvalue weighted by atomic mass is 19.1. The Morgan fingerprint density at radius 3 is 1.46 bits per heavy atom. The summed E-state index contributed by atoms with van der Waals surface area (Å²) in [4.78, 5) is 8.07. The molecule has 0 bridgehead atoms. The first kappa shape index (κ1) is 14.2. The predicted molar refractivity (Wildman–Crippen MR) is 78.4 cm³/mol. The van der Waals surface area contributed by atoms with Crippen LogP contribution in [0.15, 0.2) is 57.6 Å². The van der Waals surface area contributed by atoms with Crippen LogP contribution >= 0.6 is 0 Å². The molecule has 6 nitrogen and oxygen atoms in total. The van der Waals surface area contributed by atoms with E-state index >= 15 is 0 Å². The minimum absolute atomic E-state index is 0.0498. The Bertz CT molecular complexity index is 931. The highest BCUT2D eigenvalue weighted by Gasteiger charge is 2.20. The molecule has 4 rings (SSSR count). The van der Waals surface area contributed by atoms with E-state index in [0.717, 1.165) is 0 Å². The fourth-order valence-corrected chi connectivity index (χ4v) is 2.12. The summed E-state index contributed by atoms with van der Waals surface area (Å²) in [5.41, 5.74) is 0.364. The van der Waals surface area contributed by atoms with E-state index in [1.807, 2.05) is 0 Å². The van der Waals surface area contributed by atoms with E-state index in [9.17, 15) is 8.78 Å². The molecule has 0 saturated carbocycles. The predicted octanol–water partition coefficient (Wildman–Crippen LogP) is 3.73. The Morgan fingerprint density at radius 2 is 1.04 bits per heavy atom. The van der Waals surface area contributed by atoms with Crippen molar-refractivity contribution in [2.24, 2.45) is 0 Å². The van der Waals surface area contributed by atoms with Crippen LogP contribution < -0.4 is 0 Å². The molecule has 0 amide bonds. The van der Waals surface area contributed by atoms with Crippen LogP contribution in [0.25, 0.3) is 34.6 Å². The van der Waals surface area contributed by atoms with Gasteiger partial charge in [-0.2, -0.15) is 9.97 Å². The topological polar surface area (TPSA) is 77.8 Å². The van der Waals surface area contributed by atoms with E-state index in [0.29, 0.717) is 0 Å². The van der Waals surface area contributed by atoms with Crippen molar-refractivity contribution in [1.82, 2.24) is 20.3 Å². The quantitative estimate of drug-likeness (QED) is 0.571. The van der Waals surface area contributed by atoms with E-state index < -0.39 is 11.6 Å². The second-order valence-electron chi connectivity index (χ2n) is 4.81. The first-order valence-electron chi connectivity index (χ1n) is 6.90. The molecule has 118 valence electrons. The number of benzene rings is 2. The van der Waals surface area contributed by atoms with Crippen molar-refractivity contribution in [1.29, 1.82) is 0 Å². The van der Waals surface area contributed by atoms with E-state index in [1.54, 1.807) is 24.3 Å². The van der Waals surface area contributed by atoms with Crippen molar-refractivity contribution >= 4 is 0 Å². The maximum absolute atomic E-state index is 13.7. The number of hydrogen-bond donors (Lipinski definition) is 0. The van der Waals surface area contributed by atoms with Crippen molar-refractivity contribution in [3.63, 3.8) is 0 Å². The molecule has 4 aromatic rings. The van der Waals surface area contributed by atoms with Crippen LogP contribution in [-0.2, 0) is 0 Å². The lowest BCUT2D eigenvalue weighted by Crippen LogP contribution is -1.86. The molecule has 24 heavy (non-hydrogen) atoms. The summed E-state index contributed by atoms with van der Waals surface area (Å²) in [5, 5.41) is 7.39. The lowest BCUT2D eigenvalue weighted by molar-refractivity contribution is 0.383. The average Bonchev–Trinajstić information content (AvgIpc) is 3.25. The van der Waals surface area contributed by atoms with Gasteiger partial charge in [-0.05, 0) is 24.3 Å². The van der Waals surface area contributed by atoms with Crippen LogP contribution in [0.4, 0.5) is 8.78 Å². The Labute approximate surface area is 133 Å². The number of halogens is 2. The number of hydrogen-bond acceptors (Lipinski definition) is 6. The standard InChI is InChI=1S/C16H8F2N4O2/c17-11-7-3-1-5-9(11)13-19-15(23-21-13)16-20-14(22-24-16)10-6-2-4-8-12(10)18/h1-8H. The van der Waals surface area contributed by atoms with Gasteiger partial charge in [0.15, 0.2) is 0 Å². The first-order valence-corrected chi connectivity index (χ1v) is 6.90. The Morgan fingerprint density at radius 1 is 0.625 bits per heavy atom. The van der Waals surface area contributed by atoms with Gasteiger partial charge in [-0.1, -0.05) is 34.6 Å². The SMILES string of the molecule is Fc1ccccc1-c1noc(-c2nc(-c3ccccc3F)no2)n1. The molecule has 2 heterocycles. The molecule has 0 aliphatic carbocycles. The maximum atomic E-state index is 13.7. The minimum Gasteiger partial charge on any atom is -0.328 e. The van der Waals surface area contributed by atoms with Crippen LogP contribution in [0, 0.1) is 11.6 Å². The van der Waals surface area contributed by atoms with Crippen molar-refractivity contribution < 1.29 is 17.8 Å². The summed E-state index contributed by atoms with van der Waals surface area (Å²) in [6.07, 6.45) is 0. The molecule has 0 radical (unpaired) electrons. The normalized spacial score (nSPS) is 10.9. The molecule has 0 spiro atoms. The Kier molecular flexibility index (Phi) is 3.34. The molecule has 2 aromatic heterocycles. The molecule has 0 N–H and O–H groups in total. The molecular formula is C16H8F2N4O2. The van der Waals surface area contributed by atoms with Crippen molar-refractivity contribution in [3.8, 4) is 34.6 Å². The van der Waals surface area contributed by atoms with Gasteiger partial charge in [-0.3, -0.25) is 0 Å². The lowest BCUT2D eigenvalue weighted by Gasteiger charge is -1.94. The van der Waals surface area contributed by atoms with Gasteiger partial charge in [0.05, 0.1) is 11.1 Å². The van der Waals surface area contributed by atoms with Gasteiger partial charge >= 0.3 is 11.8 Å². The molecule has 0 aliphatic rings. The average molecular weight is 326 g/mol. The number of nitrogens with zero attached hydrogens (tertiary/aromatic N) is 4. The maximum Gasteiger partial charge on any atom is 0.316 e. The van der Waals surface area contributed by atoms with Gasteiger partial charge in [0.2, 0.25) is 11.6 Å². The highest BCUT2D eigenvalue weighted by Crippen LogP contribution is 2.25. The third-order valence-electron chi connectivity index (χ3n) is 3.26. The third kappa shape index (κ3) is 2.43. The monoisotopic (exact) mass is 326 g/mol. The van der Waals surface area contributed by atoms with Crippen molar-refractivity contribution in [2.45, 2.75) is 0 Å². The molecule has 0 saturated heterocycles. The smallest absolute Gasteiger partial charge is 0.316 e. The first-order chi connectivity index (χ1) is 11.7. The lowest BCUT2D eigenvalue weighted by atomic mass is 10.2. The van der Waals surface area contributed by atoms with Crippen LogP contribution in [0.1, 0.15) is 0 Å². The van der Waals surface area contributed by atoms with Gasteiger partial charge in [-0.15, -0.1) is 0 Å². The molecule has 0 aliphatic heterocycles. The Balaban J connectivity index is 1.69. The van der Waals surface area contributed by atoms with Gasteiger partial charge in [0.1, 0.15) is 11.6 Å². The Hall–Kier alpha value is -3.42. The van der Waals surface area contributed by atoms with Crippen molar-refractivity contribution in [2.75, 3.05) is 0 Å². The second-order valence-corrected chi connectivity index (χ2v) is 4.81. The van der Waals surface area contributed by atoms with E-state index in [4.69, 9.17) is 9.05 Å². The molecule has 0 atom stereocenters. The van der Waals surface area contributed by atoms with E-state index in [2.05, 4.69) is 20.3 Å². The zero-order valence-corrected chi connectivity index (χ0v) is 12.0. The van der Waals surface area contributed by atoms with Gasteiger partial charge in [0, 0.05) is 0 Å².